The molecule has 0 spiro atoms. The van der Waals surface area contributed by atoms with Gasteiger partial charge in [0.05, 0.1) is 17.7 Å². The second kappa shape index (κ2) is 13.9. The fourth-order valence-electron chi connectivity index (χ4n) is 3.87. The number of hydrogen-bond acceptors (Lipinski definition) is 5. The predicted molar refractivity (Wildman–Crippen MR) is 158 cm³/mol. The van der Waals surface area contributed by atoms with Crippen molar-refractivity contribution >= 4 is 50.7 Å². The van der Waals surface area contributed by atoms with Crippen LogP contribution in [0.5, 0.6) is 5.75 Å². The summed E-state index contributed by atoms with van der Waals surface area (Å²) in [5.74, 6) is -0.428. The molecule has 214 valence electrons. The van der Waals surface area contributed by atoms with E-state index in [1.807, 2.05) is 13.8 Å². The van der Waals surface area contributed by atoms with Crippen molar-refractivity contribution < 1.29 is 22.7 Å². The van der Waals surface area contributed by atoms with E-state index in [0.717, 1.165) is 9.87 Å². The minimum absolute atomic E-state index is 0.0344. The van der Waals surface area contributed by atoms with Gasteiger partial charge in [-0.2, -0.15) is 0 Å². The van der Waals surface area contributed by atoms with E-state index in [0.29, 0.717) is 22.2 Å². The van der Waals surface area contributed by atoms with Crippen LogP contribution in [0.4, 0.5) is 5.69 Å². The van der Waals surface area contributed by atoms with Gasteiger partial charge in [-0.1, -0.05) is 48.3 Å². The van der Waals surface area contributed by atoms with Gasteiger partial charge in [0.25, 0.3) is 10.0 Å². The Hall–Kier alpha value is -3.27. The molecule has 0 unspecified atom stereocenters. The van der Waals surface area contributed by atoms with E-state index in [4.69, 9.17) is 27.9 Å². The summed E-state index contributed by atoms with van der Waals surface area (Å²) in [6.45, 7) is 4.94. The van der Waals surface area contributed by atoms with Crippen LogP contribution in [0.3, 0.4) is 0 Å². The maximum atomic E-state index is 13.9. The van der Waals surface area contributed by atoms with Crippen molar-refractivity contribution in [3.8, 4) is 5.75 Å². The zero-order valence-electron chi connectivity index (χ0n) is 22.8. The van der Waals surface area contributed by atoms with Crippen LogP contribution in [-0.4, -0.2) is 50.9 Å². The summed E-state index contributed by atoms with van der Waals surface area (Å²) in [5, 5.41) is 3.74. The van der Waals surface area contributed by atoms with Crippen LogP contribution < -0.4 is 14.4 Å². The van der Waals surface area contributed by atoms with Crippen LogP contribution in [0.15, 0.2) is 77.7 Å². The van der Waals surface area contributed by atoms with Crippen LogP contribution in [0.1, 0.15) is 32.8 Å². The summed E-state index contributed by atoms with van der Waals surface area (Å²) in [5.41, 5.74) is 0.938. The first kappa shape index (κ1) is 31.3. The molecule has 8 nitrogen and oxygen atoms in total. The van der Waals surface area contributed by atoms with Crippen molar-refractivity contribution in [3.05, 3.63) is 88.4 Å². The highest BCUT2D eigenvalue weighted by atomic mass is 35.5. The number of ether oxygens (including phenoxy) is 1. The van der Waals surface area contributed by atoms with E-state index in [2.05, 4.69) is 5.32 Å². The molecule has 40 heavy (non-hydrogen) atoms. The lowest BCUT2D eigenvalue weighted by Gasteiger charge is -2.32. The Morgan fingerprint density at radius 1 is 0.950 bits per heavy atom. The van der Waals surface area contributed by atoms with E-state index in [9.17, 15) is 18.0 Å². The first-order chi connectivity index (χ1) is 19.0. The van der Waals surface area contributed by atoms with Crippen LogP contribution in [0.25, 0.3) is 0 Å². The average molecular weight is 607 g/mol. The standard InChI is InChI=1S/C29H33Cl2N3O5S/c1-5-20(2)32-29(36)21(3)33(18-22-9-11-23(30)12-10-22)28(35)19-34(25-8-6-7-24(31)17-25)40(37,38)27-15-13-26(39-4)14-16-27/h6-17,20-21H,5,18-19H2,1-4H3,(H,32,36)/t20-,21-/m0/s1. The molecule has 3 aromatic carbocycles. The molecule has 0 aliphatic heterocycles. The van der Waals surface area contributed by atoms with Crippen molar-refractivity contribution in [3.63, 3.8) is 0 Å². The largest absolute Gasteiger partial charge is 0.497 e. The van der Waals surface area contributed by atoms with Crippen molar-refractivity contribution in [2.75, 3.05) is 18.0 Å². The normalized spacial score (nSPS) is 12.8. The van der Waals surface area contributed by atoms with Gasteiger partial charge in [0.15, 0.2) is 0 Å². The minimum atomic E-state index is -4.22. The van der Waals surface area contributed by atoms with E-state index >= 15 is 0 Å². The number of benzene rings is 3. The molecule has 0 aromatic heterocycles. The average Bonchev–Trinajstić information content (AvgIpc) is 2.94. The summed E-state index contributed by atoms with van der Waals surface area (Å²) >= 11 is 12.2. The molecule has 0 bridgehead atoms. The van der Waals surface area contributed by atoms with Gasteiger partial charge < -0.3 is 15.0 Å². The third kappa shape index (κ3) is 7.90. The van der Waals surface area contributed by atoms with Gasteiger partial charge in [0.2, 0.25) is 11.8 Å². The number of amides is 2. The van der Waals surface area contributed by atoms with Gasteiger partial charge in [-0.25, -0.2) is 8.42 Å². The molecule has 0 saturated carbocycles. The number of methoxy groups -OCH3 is 1. The number of carbonyl (C=O) groups is 2. The van der Waals surface area contributed by atoms with Crippen LogP contribution in [0.2, 0.25) is 10.0 Å². The number of hydrogen-bond donors (Lipinski definition) is 1. The summed E-state index contributed by atoms with van der Waals surface area (Å²) in [6, 6.07) is 18.0. The molecular weight excluding hydrogens is 573 g/mol. The first-order valence-corrected chi connectivity index (χ1v) is 14.9. The Bertz CT molecular complexity index is 1420. The molecule has 2 amide bonds. The Kier molecular flexibility index (Phi) is 10.8. The van der Waals surface area contributed by atoms with Gasteiger partial charge in [0, 0.05) is 22.6 Å². The minimum Gasteiger partial charge on any atom is -0.497 e. The smallest absolute Gasteiger partial charge is 0.264 e. The SMILES string of the molecule is CC[C@H](C)NC(=O)[C@H](C)N(Cc1ccc(Cl)cc1)C(=O)CN(c1cccc(Cl)c1)S(=O)(=O)c1ccc(OC)cc1. The summed E-state index contributed by atoms with van der Waals surface area (Å²) < 4.78 is 33.9. The van der Waals surface area contributed by atoms with Gasteiger partial charge >= 0.3 is 0 Å². The zero-order chi connectivity index (χ0) is 29.4. The van der Waals surface area contributed by atoms with Crippen LogP contribution in [0, 0.1) is 0 Å². The van der Waals surface area contributed by atoms with Gasteiger partial charge in [-0.15, -0.1) is 0 Å². The zero-order valence-corrected chi connectivity index (χ0v) is 25.1. The second-order valence-corrected chi connectivity index (χ2v) is 12.0. The lowest BCUT2D eigenvalue weighted by atomic mass is 10.1. The molecular formula is C29H33Cl2N3O5S. The van der Waals surface area contributed by atoms with E-state index in [1.165, 1.54) is 42.3 Å². The van der Waals surface area contributed by atoms with Crippen molar-refractivity contribution in [1.82, 2.24) is 10.2 Å². The highest BCUT2D eigenvalue weighted by Gasteiger charge is 2.33. The molecule has 1 N–H and O–H groups in total. The molecule has 0 aliphatic carbocycles. The first-order valence-electron chi connectivity index (χ1n) is 12.7. The summed E-state index contributed by atoms with van der Waals surface area (Å²) in [4.78, 5) is 28.3. The maximum absolute atomic E-state index is 13.9. The number of carbonyl (C=O) groups excluding carboxylic acids is 2. The highest BCUT2D eigenvalue weighted by Crippen LogP contribution is 2.28. The van der Waals surface area contributed by atoms with Gasteiger partial charge in [-0.05, 0) is 80.4 Å². The topological polar surface area (TPSA) is 96.0 Å². The molecule has 0 radical (unpaired) electrons. The van der Waals surface area contributed by atoms with Crippen LogP contribution in [-0.2, 0) is 26.2 Å². The molecule has 0 fully saturated rings. The maximum Gasteiger partial charge on any atom is 0.264 e. The third-order valence-corrected chi connectivity index (χ3v) is 8.73. The summed E-state index contributed by atoms with van der Waals surface area (Å²) in [6.07, 6.45) is 0.715. The lowest BCUT2D eigenvalue weighted by molar-refractivity contribution is -0.139. The fraction of sp³-hybridized carbons (Fsp3) is 0.310. The molecule has 0 saturated heterocycles. The van der Waals surface area contributed by atoms with E-state index < -0.39 is 28.5 Å². The monoisotopic (exact) mass is 605 g/mol. The third-order valence-electron chi connectivity index (χ3n) is 6.46. The Balaban J connectivity index is 2.02. The number of sulfonamides is 1. The Labute approximate surface area is 245 Å². The van der Waals surface area contributed by atoms with E-state index in [1.54, 1.807) is 49.4 Å². The van der Waals surface area contributed by atoms with Crippen molar-refractivity contribution in [2.45, 2.75) is 50.7 Å². The lowest BCUT2D eigenvalue weighted by Crippen LogP contribution is -2.52. The Morgan fingerprint density at radius 2 is 1.60 bits per heavy atom. The molecule has 3 aromatic rings. The number of anilines is 1. The van der Waals surface area contributed by atoms with Gasteiger partial charge in [0.1, 0.15) is 18.3 Å². The van der Waals surface area contributed by atoms with Crippen molar-refractivity contribution in [2.24, 2.45) is 0 Å². The molecule has 2 atom stereocenters. The number of nitrogens with one attached hydrogen (secondary N) is 1. The van der Waals surface area contributed by atoms with Gasteiger partial charge in [-0.3, -0.25) is 13.9 Å². The molecule has 11 heteroatoms. The second-order valence-electron chi connectivity index (χ2n) is 9.31. The fourth-order valence-corrected chi connectivity index (χ4v) is 5.59. The van der Waals surface area contributed by atoms with E-state index in [-0.39, 0.29) is 29.1 Å². The summed E-state index contributed by atoms with van der Waals surface area (Å²) in [7, 11) is -2.74. The predicted octanol–water partition coefficient (Wildman–Crippen LogP) is 5.53. The molecule has 3 rings (SSSR count). The Morgan fingerprint density at radius 3 is 2.17 bits per heavy atom. The number of halogens is 2. The molecule has 0 heterocycles. The number of rotatable bonds is 12. The highest BCUT2D eigenvalue weighted by molar-refractivity contribution is 7.92. The molecule has 0 aliphatic rings. The quantitative estimate of drug-likeness (QED) is 0.293. The van der Waals surface area contributed by atoms with Crippen molar-refractivity contribution in [1.29, 1.82) is 0 Å². The van der Waals surface area contributed by atoms with Crippen LogP contribution >= 0.6 is 23.2 Å². The number of nitrogens with zero attached hydrogens (tertiary/aromatic N) is 2.